The summed E-state index contributed by atoms with van der Waals surface area (Å²) in [4.78, 5) is 14.6. The molecule has 0 N–H and O–H groups in total. The average Bonchev–Trinajstić information content (AvgIpc) is 2.89. The molecule has 7 heteroatoms. The van der Waals surface area contributed by atoms with Crippen molar-refractivity contribution in [2.75, 3.05) is 7.11 Å². The SMILES string of the molecule is COc1ccc(-c2nc3ccc(F)cc3o2)cc1[N+](=O)[O-]. The molecule has 0 amide bonds. The van der Waals surface area contributed by atoms with E-state index in [4.69, 9.17) is 9.15 Å². The second-order valence-electron chi connectivity index (χ2n) is 4.27. The van der Waals surface area contributed by atoms with Crippen molar-refractivity contribution in [1.29, 1.82) is 0 Å². The average molecular weight is 288 g/mol. The van der Waals surface area contributed by atoms with Crippen molar-refractivity contribution < 1.29 is 18.5 Å². The van der Waals surface area contributed by atoms with Crippen molar-refractivity contribution in [1.82, 2.24) is 4.98 Å². The molecule has 1 heterocycles. The number of hydrogen-bond donors (Lipinski definition) is 0. The third kappa shape index (κ3) is 2.29. The summed E-state index contributed by atoms with van der Waals surface area (Å²) in [6, 6.07) is 8.32. The first kappa shape index (κ1) is 13.0. The van der Waals surface area contributed by atoms with E-state index < -0.39 is 10.7 Å². The van der Waals surface area contributed by atoms with E-state index in [0.717, 1.165) is 0 Å². The van der Waals surface area contributed by atoms with Gasteiger partial charge in [0, 0.05) is 17.7 Å². The number of fused-ring (bicyclic) bond motifs is 1. The number of hydrogen-bond acceptors (Lipinski definition) is 5. The molecule has 0 spiro atoms. The van der Waals surface area contributed by atoms with Gasteiger partial charge in [-0.3, -0.25) is 10.1 Å². The number of nitro benzene ring substituents is 1. The topological polar surface area (TPSA) is 78.4 Å². The van der Waals surface area contributed by atoms with Gasteiger partial charge in [0.2, 0.25) is 5.89 Å². The normalized spacial score (nSPS) is 10.8. The van der Waals surface area contributed by atoms with Crippen LogP contribution in [0.2, 0.25) is 0 Å². The van der Waals surface area contributed by atoms with Gasteiger partial charge in [-0.2, -0.15) is 0 Å². The largest absolute Gasteiger partial charge is 0.490 e. The van der Waals surface area contributed by atoms with Crippen LogP contribution in [0.3, 0.4) is 0 Å². The van der Waals surface area contributed by atoms with Gasteiger partial charge in [-0.15, -0.1) is 0 Å². The first-order valence-corrected chi connectivity index (χ1v) is 5.97. The molecule has 3 aromatic rings. The number of rotatable bonds is 3. The summed E-state index contributed by atoms with van der Waals surface area (Å²) in [6.45, 7) is 0. The van der Waals surface area contributed by atoms with Crippen LogP contribution in [-0.4, -0.2) is 17.0 Å². The standard InChI is InChI=1S/C14H9FN2O4/c1-20-12-5-2-8(6-11(12)17(18)19)14-16-10-4-3-9(15)7-13(10)21-14/h2-7H,1H3. The van der Waals surface area contributed by atoms with E-state index >= 15 is 0 Å². The van der Waals surface area contributed by atoms with E-state index in [1.54, 1.807) is 6.07 Å². The molecule has 6 nitrogen and oxygen atoms in total. The van der Waals surface area contributed by atoms with Gasteiger partial charge in [-0.25, -0.2) is 9.37 Å². The van der Waals surface area contributed by atoms with E-state index in [9.17, 15) is 14.5 Å². The summed E-state index contributed by atoms with van der Waals surface area (Å²) in [5, 5.41) is 11.0. The van der Waals surface area contributed by atoms with E-state index in [1.807, 2.05) is 0 Å². The van der Waals surface area contributed by atoms with Gasteiger partial charge in [0.05, 0.1) is 12.0 Å². The van der Waals surface area contributed by atoms with Crippen LogP contribution >= 0.6 is 0 Å². The summed E-state index contributed by atoms with van der Waals surface area (Å²) >= 11 is 0. The smallest absolute Gasteiger partial charge is 0.311 e. The van der Waals surface area contributed by atoms with Gasteiger partial charge >= 0.3 is 5.69 Å². The Balaban J connectivity index is 2.13. The maximum atomic E-state index is 13.1. The van der Waals surface area contributed by atoms with E-state index in [1.165, 1.54) is 37.4 Å². The molecule has 0 aliphatic rings. The Bertz CT molecular complexity index is 844. The lowest BCUT2D eigenvalue weighted by molar-refractivity contribution is -0.385. The molecule has 0 saturated heterocycles. The van der Waals surface area contributed by atoms with Crippen molar-refractivity contribution in [3.63, 3.8) is 0 Å². The van der Waals surface area contributed by atoms with Crippen molar-refractivity contribution in [3.8, 4) is 17.2 Å². The third-order valence-corrected chi connectivity index (χ3v) is 2.97. The molecule has 0 aliphatic carbocycles. The number of oxazole rings is 1. The number of benzene rings is 2. The highest BCUT2D eigenvalue weighted by Crippen LogP contribution is 2.33. The number of nitrogens with zero attached hydrogens (tertiary/aromatic N) is 2. The predicted octanol–water partition coefficient (Wildman–Crippen LogP) is 3.55. The molecule has 3 rings (SSSR count). The Morgan fingerprint density at radius 2 is 2.10 bits per heavy atom. The molecule has 0 unspecified atom stereocenters. The van der Waals surface area contributed by atoms with Crippen LogP contribution in [0.5, 0.6) is 5.75 Å². The molecule has 21 heavy (non-hydrogen) atoms. The van der Waals surface area contributed by atoms with Crippen LogP contribution < -0.4 is 4.74 Å². The second-order valence-corrected chi connectivity index (χ2v) is 4.27. The number of methoxy groups -OCH3 is 1. The summed E-state index contributed by atoms with van der Waals surface area (Å²) in [5.41, 5.74) is 0.982. The summed E-state index contributed by atoms with van der Waals surface area (Å²) in [7, 11) is 1.35. The maximum Gasteiger partial charge on any atom is 0.311 e. The van der Waals surface area contributed by atoms with E-state index in [0.29, 0.717) is 11.1 Å². The lowest BCUT2D eigenvalue weighted by Gasteiger charge is -2.02. The molecular formula is C14H9FN2O4. The van der Waals surface area contributed by atoms with Gasteiger partial charge < -0.3 is 9.15 Å². The fraction of sp³-hybridized carbons (Fsp3) is 0.0714. The minimum Gasteiger partial charge on any atom is -0.490 e. The van der Waals surface area contributed by atoms with Gasteiger partial charge in [-0.1, -0.05) is 0 Å². The monoisotopic (exact) mass is 288 g/mol. The molecule has 0 bridgehead atoms. The molecule has 106 valence electrons. The molecule has 2 aromatic carbocycles. The molecular weight excluding hydrogens is 279 g/mol. The Kier molecular flexibility index (Phi) is 3.02. The van der Waals surface area contributed by atoms with Crippen molar-refractivity contribution in [2.45, 2.75) is 0 Å². The third-order valence-electron chi connectivity index (χ3n) is 2.97. The lowest BCUT2D eigenvalue weighted by Crippen LogP contribution is -1.94. The Labute approximate surface area is 117 Å². The first-order chi connectivity index (χ1) is 10.1. The summed E-state index contributed by atoms with van der Waals surface area (Å²) < 4.78 is 23.5. The minimum atomic E-state index is -0.551. The zero-order chi connectivity index (χ0) is 15.0. The van der Waals surface area contributed by atoms with Gasteiger partial charge in [0.25, 0.3) is 0 Å². The number of nitro groups is 1. The Morgan fingerprint density at radius 3 is 2.81 bits per heavy atom. The molecule has 0 fully saturated rings. The lowest BCUT2D eigenvalue weighted by atomic mass is 10.2. The molecule has 0 atom stereocenters. The van der Waals surface area contributed by atoms with Crippen LogP contribution in [0.4, 0.5) is 10.1 Å². The van der Waals surface area contributed by atoms with E-state index in [-0.39, 0.29) is 22.9 Å². The molecule has 0 aliphatic heterocycles. The van der Waals surface area contributed by atoms with Crippen LogP contribution in [-0.2, 0) is 0 Å². The quantitative estimate of drug-likeness (QED) is 0.544. The summed E-state index contributed by atoms with van der Waals surface area (Å²) in [6.07, 6.45) is 0. The van der Waals surface area contributed by atoms with Gasteiger partial charge in [-0.05, 0) is 24.3 Å². The fourth-order valence-electron chi connectivity index (χ4n) is 1.99. The summed E-state index contributed by atoms with van der Waals surface area (Å²) in [5.74, 6) is -0.113. The van der Waals surface area contributed by atoms with Crippen LogP contribution in [0, 0.1) is 15.9 Å². The van der Waals surface area contributed by atoms with Crippen LogP contribution in [0.1, 0.15) is 0 Å². The van der Waals surface area contributed by atoms with Gasteiger partial charge in [0.1, 0.15) is 11.3 Å². The molecule has 0 radical (unpaired) electrons. The zero-order valence-electron chi connectivity index (χ0n) is 10.9. The van der Waals surface area contributed by atoms with Crippen LogP contribution in [0.15, 0.2) is 40.8 Å². The van der Waals surface area contributed by atoms with Gasteiger partial charge in [0.15, 0.2) is 11.3 Å². The highest BCUT2D eigenvalue weighted by atomic mass is 19.1. The highest BCUT2D eigenvalue weighted by molar-refractivity contribution is 5.76. The minimum absolute atomic E-state index is 0.144. The highest BCUT2D eigenvalue weighted by Gasteiger charge is 2.18. The van der Waals surface area contributed by atoms with E-state index in [2.05, 4.69) is 4.98 Å². The van der Waals surface area contributed by atoms with Crippen molar-refractivity contribution in [2.24, 2.45) is 0 Å². The fourth-order valence-corrected chi connectivity index (χ4v) is 1.99. The number of aromatic nitrogens is 1. The Morgan fingerprint density at radius 1 is 1.29 bits per heavy atom. The molecule has 0 saturated carbocycles. The zero-order valence-corrected chi connectivity index (χ0v) is 10.9. The number of ether oxygens (including phenoxy) is 1. The van der Waals surface area contributed by atoms with Crippen LogP contribution in [0.25, 0.3) is 22.6 Å². The second kappa shape index (κ2) is 4.86. The molecule has 1 aromatic heterocycles. The first-order valence-electron chi connectivity index (χ1n) is 5.97. The van der Waals surface area contributed by atoms with Crippen molar-refractivity contribution in [3.05, 3.63) is 52.3 Å². The maximum absolute atomic E-state index is 13.1. The predicted molar refractivity (Wildman–Crippen MR) is 72.6 cm³/mol. The number of halogens is 1. The van der Waals surface area contributed by atoms with Crippen molar-refractivity contribution >= 4 is 16.8 Å². The Hall–Kier alpha value is -2.96.